The molecule has 0 aromatic heterocycles. The second-order valence-corrected chi connectivity index (χ2v) is 11.3. The summed E-state index contributed by atoms with van der Waals surface area (Å²) in [5.74, 6) is -2.70. The van der Waals surface area contributed by atoms with Crippen molar-refractivity contribution in [3.8, 4) is 23.0 Å². The van der Waals surface area contributed by atoms with Crippen LogP contribution < -0.4 is 18.9 Å². The van der Waals surface area contributed by atoms with E-state index >= 15 is 0 Å². The van der Waals surface area contributed by atoms with Crippen molar-refractivity contribution in [1.82, 2.24) is 0 Å². The Labute approximate surface area is 285 Å². The molecule has 0 fully saturated rings. The van der Waals surface area contributed by atoms with Crippen LogP contribution in [0.25, 0.3) is 0 Å². The molecule has 3 aromatic rings. The lowest BCUT2D eigenvalue weighted by Crippen LogP contribution is -2.16. The maximum absolute atomic E-state index is 14.0. The predicted molar refractivity (Wildman–Crippen MR) is 178 cm³/mol. The second-order valence-electron chi connectivity index (χ2n) is 11.3. The van der Waals surface area contributed by atoms with Gasteiger partial charge in [0.05, 0.1) is 37.0 Å². The van der Waals surface area contributed by atoms with E-state index in [0.29, 0.717) is 24.7 Å². The van der Waals surface area contributed by atoms with Gasteiger partial charge in [-0.25, -0.2) is 14.4 Å². The van der Waals surface area contributed by atoms with Gasteiger partial charge in [0.15, 0.2) is 11.5 Å². The van der Waals surface area contributed by atoms with Gasteiger partial charge in [-0.1, -0.05) is 64.2 Å². The third-order valence-electron chi connectivity index (χ3n) is 7.53. The van der Waals surface area contributed by atoms with E-state index in [1.807, 2.05) is 12.1 Å². The Kier molecular flexibility index (Phi) is 15.7. The molecule has 0 aliphatic heterocycles. The molecule has 0 N–H and O–H groups in total. The van der Waals surface area contributed by atoms with Gasteiger partial charge in [0.25, 0.3) is 0 Å². The van der Waals surface area contributed by atoms with Crippen molar-refractivity contribution in [2.24, 2.45) is 0 Å². The molecular formula is C38H43F3O8. The highest BCUT2D eigenvalue weighted by molar-refractivity contribution is 5.93. The molecular weight excluding hydrogens is 641 g/mol. The molecule has 0 heterocycles. The highest BCUT2D eigenvalue weighted by atomic mass is 19.4. The zero-order valence-corrected chi connectivity index (χ0v) is 27.9. The Balaban J connectivity index is 1.59. The van der Waals surface area contributed by atoms with Crippen LogP contribution in [0, 0.1) is 0 Å². The number of esters is 3. The fourth-order valence-electron chi connectivity index (χ4n) is 4.83. The van der Waals surface area contributed by atoms with E-state index in [2.05, 4.69) is 13.5 Å². The Morgan fingerprint density at radius 2 is 1.33 bits per heavy atom. The molecule has 0 unspecified atom stereocenters. The third kappa shape index (κ3) is 13.0. The van der Waals surface area contributed by atoms with Gasteiger partial charge < -0.3 is 23.7 Å². The maximum atomic E-state index is 14.0. The number of methoxy groups -OCH3 is 1. The molecule has 8 nitrogen and oxygen atoms in total. The molecule has 0 radical (unpaired) electrons. The molecule has 0 aliphatic rings. The lowest BCUT2D eigenvalue weighted by atomic mass is 10.0. The SMILES string of the molecule is C=CC(=O)OCCCCOc1ccc(C(=O)Oc2ccc(C(=O)Oc3ccc(CCCCCCCCC)cc3)cc2C(F)(F)F)cc1OC. The molecule has 49 heavy (non-hydrogen) atoms. The normalized spacial score (nSPS) is 11.0. The molecule has 0 amide bonds. The van der Waals surface area contributed by atoms with Crippen LogP contribution in [0.5, 0.6) is 23.0 Å². The van der Waals surface area contributed by atoms with Gasteiger partial charge in [-0.15, -0.1) is 0 Å². The number of halogens is 3. The smallest absolute Gasteiger partial charge is 0.420 e. The highest BCUT2D eigenvalue weighted by Gasteiger charge is 2.36. The molecule has 3 aromatic carbocycles. The van der Waals surface area contributed by atoms with E-state index < -0.39 is 35.4 Å². The Hall–Kier alpha value is -4.80. The number of ether oxygens (including phenoxy) is 5. The average molecular weight is 685 g/mol. The van der Waals surface area contributed by atoms with E-state index in [1.54, 1.807) is 12.1 Å². The summed E-state index contributed by atoms with van der Waals surface area (Å²) in [5.41, 5.74) is -0.681. The molecule has 0 bridgehead atoms. The number of hydrogen-bond acceptors (Lipinski definition) is 8. The van der Waals surface area contributed by atoms with Gasteiger partial charge in [0, 0.05) is 6.08 Å². The number of carbonyl (C=O) groups excluding carboxylic acids is 3. The Morgan fingerprint density at radius 3 is 1.98 bits per heavy atom. The van der Waals surface area contributed by atoms with Crippen molar-refractivity contribution in [2.45, 2.75) is 77.3 Å². The van der Waals surface area contributed by atoms with Crippen LogP contribution in [0.4, 0.5) is 13.2 Å². The van der Waals surface area contributed by atoms with Gasteiger partial charge >= 0.3 is 24.1 Å². The van der Waals surface area contributed by atoms with Crippen LogP contribution in [0.15, 0.2) is 73.3 Å². The lowest BCUT2D eigenvalue weighted by Gasteiger charge is -2.15. The Bertz CT molecular complexity index is 1530. The highest BCUT2D eigenvalue weighted by Crippen LogP contribution is 2.38. The molecule has 0 atom stereocenters. The Morgan fingerprint density at radius 1 is 0.714 bits per heavy atom. The van der Waals surface area contributed by atoms with Gasteiger partial charge in [-0.2, -0.15) is 13.2 Å². The van der Waals surface area contributed by atoms with Gasteiger partial charge in [-0.3, -0.25) is 0 Å². The lowest BCUT2D eigenvalue weighted by molar-refractivity contribution is -0.139. The number of aryl methyl sites for hydroxylation is 1. The first-order chi connectivity index (χ1) is 23.5. The molecule has 3 rings (SSSR count). The number of hydrogen-bond donors (Lipinski definition) is 0. The summed E-state index contributed by atoms with van der Waals surface area (Å²) in [6.45, 7) is 5.96. The standard InChI is InChI=1S/C38H43F3O8/c1-4-6-7-8-9-10-11-14-27-15-19-30(20-16-27)48-36(43)28-17-21-32(31(25-28)38(39,40)41)49-37(44)29-18-22-33(34(26-29)45-3)46-23-12-13-24-47-35(42)5-2/h5,15-22,25-26H,2,4,6-14,23-24H2,1,3H3. The van der Waals surface area contributed by atoms with Crippen LogP contribution in [0.1, 0.15) is 96.6 Å². The average Bonchev–Trinajstić information content (AvgIpc) is 3.09. The zero-order valence-electron chi connectivity index (χ0n) is 27.9. The minimum atomic E-state index is -4.94. The van der Waals surface area contributed by atoms with Gasteiger partial charge in [0.1, 0.15) is 11.5 Å². The van der Waals surface area contributed by atoms with Crippen molar-refractivity contribution in [3.05, 3.63) is 95.6 Å². The van der Waals surface area contributed by atoms with E-state index in [4.69, 9.17) is 23.7 Å². The first-order valence-electron chi connectivity index (χ1n) is 16.4. The van der Waals surface area contributed by atoms with Crippen molar-refractivity contribution < 1.29 is 51.2 Å². The molecule has 0 spiro atoms. The largest absolute Gasteiger partial charge is 0.493 e. The minimum absolute atomic E-state index is 0.0902. The number of rotatable bonds is 20. The summed E-state index contributed by atoms with van der Waals surface area (Å²) in [6.07, 6.45) is 6.48. The fourth-order valence-corrected chi connectivity index (χ4v) is 4.83. The van der Waals surface area contributed by atoms with Gasteiger partial charge in [-0.05, 0) is 79.8 Å². The number of alkyl halides is 3. The summed E-state index contributed by atoms with van der Waals surface area (Å²) in [6, 6.07) is 13.5. The first-order valence-corrected chi connectivity index (χ1v) is 16.4. The van der Waals surface area contributed by atoms with E-state index in [-0.39, 0.29) is 35.8 Å². The molecule has 0 saturated heterocycles. The van der Waals surface area contributed by atoms with Crippen LogP contribution in [-0.4, -0.2) is 38.2 Å². The van der Waals surface area contributed by atoms with Crippen LogP contribution >= 0.6 is 0 Å². The van der Waals surface area contributed by atoms with Crippen LogP contribution in [0.3, 0.4) is 0 Å². The number of carbonyl (C=O) groups is 3. The van der Waals surface area contributed by atoms with E-state index in [1.165, 1.54) is 57.4 Å². The molecule has 0 aliphatic carbocycles. The zero-order chi connectivity index (χ0) is 35.6. The molecule has 264 valence electrons. The summed E-state index contributed by atoms with van der Waals surface area (Å²) in [5, 5.41) is 0. The predicted octanol–water partition coefficient (Wildman–Crippen LogP) is 9.33. The van der Waals surface area contributed by atoms with Crippen molar-refractivity contribution in [1.29, 1.82) is 0 Å². The minimum Gasteiger partial charge on any atom is -0.493 e. The quantitative estimate of drug-likeness (QED) is 0.0503. The van der Waals surface area contributed by atoms with Crippen molar-refractivity contribution in [3.63, 3.8) is 0 Å². The van der Waals surface area contributed by atoms with Crippen LogP contribution in [-0.2, 0) is 22.1 Å². The van der Waals surface area contributed by atoms with Crippen molar-refractivity contribution >= 4 is 17.9 Å². The van der Waals surface area contributed by atoms with Crippen LogP contribution in [0.2, 0.25) is 0 Å². The van der Waals surface area contributed by atoms with Gasteiger partial charge in [0.2, 0.25) is 0 Å². The number of unbranched alkanes of at least 4 members (excludes halogenated alkanes) is 7. The molecule has 11 heteroatoms. The topological polar surface area (TPSA) is 97.4 Å². The second kappa shape index (κ2) is 19.9. The monoisotopic (exact) mass is 684 g/mol. The van der Waals surface area contributed by atoms with E-state index in [9.17, 15) is 27.6 Å². The maximum Gasteiger partial charge on any atom is 0.420 e. The number of benzene rings is 3. The van der Waals surface area contributed by atoms with Crippen molar-refractivity contribution in [2.75, 3.05) is 20.3 Å². The molecule has 0 saturated carbocycles. The summed E-state index contributed by atoms with van der Waals surface area (Å²) in [7, 11) is 1.34. The summed E-state index contributed by atoms with van der Waals surface area (Å²) < 4.78 is 68.4. The third-order valence-corrected chi connectivity index (χ3v) is 7.53. The van der Waals surface area contributed by atoms with E-state index in [0.717, 1.165) is 43.0 Å². The summed E-state index contributed by atoms with van der Waals surface area (Å²) in [4.78, 5) is 36.7. The fraction of sp³-hybridized carbons (Fsp3) is 0.395. The first kappa shape index (κ1) is 38.6. The summed E-state index contributed by atoms with van der Waals surface area (Å²) >= 11 is 0.